The summed E-state index contributed by atoms with van der Waals surface area (Å²) in [5.74, 6) is 0. The van der Waals surface area contributed by atoms with Crippen LogP contribution in [0.5, 0.6) is 0 Å². The molecule has 0 bridgehead atoms. The van der Waals surface area contributed by atoms with E-state index in [9.17, 15) is 0 Å². The van der Waals surface area contributed by atoms with Crippen LogP contribution in [0.15, 0.2) is 30.5 Å². The van der Waals surface area contributed by atoms with E-state index in [2.05, 4.69) is 65.0 Å². The monoisotopic (exact) mass is 433 g/mol. The maximum absolute atomic E-state index is 5.74. The molecule has 5 nitrogen and oxygen atoms in total. The van der Waals surface area contributed by atoms with Gasteiger partial charge in [0.25, 0.3) is 0 Å². The summed E-state index contributed by atoms with van der Waals surface area (Å²) >= 11 is 0. The molecule has 0 atom stereocenters. The van der Waals surface area contributed by atoms with Crippen molar-refractivity contribution in [2.75, 3.05) is 26.4 Å². The Morgan fingerprint density at radius 2 is 1.55 bits per heavy atom. The summed E-state index contributed by atoms with van der Waals surface area (Å²) in [6.07, 6.45) is 9.05. The van der Waals surface area contributed by atoms with Crippen LogP contribution in [0.25, 0.3) is 0 Å². The average molecular weight is 434 g/mol. The molecule has 1 aromatic heterocycles. The molecular weight excluding hydrogens is 386 g/mol. The minimum Gasteiger partial charge on any atom is -0.381 e. The highest BCUT2D eigenvalue weighted by Crippen LogP contribution is 2.26. The first-order chi connectivity index (χ1) is 14.5. The van der Waals surface area contributed by atoms with Gasteiger partial charge in [-0.25, -0.2) is 4.68 Å². The third kappa shape index (κ3) is 14.3. The van der Waals surface area contributed by atoms with Crippen LogP contribution in [0.4, 0.5) is 0 Å². The first-order valence-corrected chi connectivity index (χ1v) is 11.9. The maximum atomic E-state index is 5.74. The van der Waals surface area contributed by atoms with Gasteiger partial charge in [-0.15, -0.1) is 5.10 Å². The minimum atomic E-state index is 0.183. The SMILES string of the molecule is C=C(CCCOCCC(C)(C)C)CCc1cn(CCOCCCC(=C)C(C)(C)C)nn1. The van der Waals surface area contributed by atoms with Crippen LogP contribution < -0.4 is 0 Å². The summed E-state index contributed by atoms with van der Waals surface area (Å²) < 4.78 is 13.3. The van der Waals surface area contributed by atoms with Gasteiger partial charge in [-0.2, -0.15) is 0 Å². The number of hydrogen-bond acceptors (Lipinski definition) is 4. The van der Waals surface area contributed by atoms with Gasteiger partial charge in [-0.3, -0.25) is 0 Å². The maximum Gasteiger partial charge on any atom is 0.0830 e. The zero-order valence-electron chi connectivity index (χ0n) is 21.1. The van der Waals surface area contributed by atoms with Crippen molar-refractivity contribution in [3.63, 3.8) is 0 Å². The Bertz CT molecular complexity index is 650. The molecule has 0 aliphatic rings. The third-order valence-corrected chi connectivity index (χ3v) is 5.43. The standard InChI is InChI=1S/C26H47N3O2/c1-22(11-9-17-30-19-15-25(3,4)5)13-14-24-21-29(28-27-24)16-20-31-18-10-12-23(2)26(6,7)8/h21H,1-2,9-20H2,3-8H3. The molecule has 1 rings (SSSR count). The number of ether oxygens (including phenoxy) is 2. The van der Waals surface area contributed by atoms with E-state index in [1.165, 1.54) is 11.1 Å². The summed E-state index contributed by atoms with van der Waals surface area (Å²) in [4.78, 5) is 0. The molecule has 0 amide bonds. The number of aryl methyl sites for hydroxylation is 1. The fourth-order valence-corrected chi connectivity index (χ4v) is 2.92. The lowest BCUT2D eigenvalue weighted by atomic mass is 9.85. The van der Waals surface area contributed by atoms with Crippen LogP contribution in [0.2, 0.25) is 0 Å². The number of rotatable bonds is 16. The molecule has 0 unspecified atom stereocenters. The normalized spacial score (nSPS) is 12.3. The quantitative estimate of drug-likeness (QED) is 0.224. The van der Waals surface area contributed by atoms with E-state index in [1.54, 1.807) is 0 Å². The number of hydrogen-bond donors (Lipinski definition) is 0. The van der Waals surface area contributed by atoms with Crippen LogP contribution in [0.3, 0.4) is 0 Å². The van der Waals surface area contributed by atoms with Crippen molar-refractivity contribution in [3.8, 4) is 0 Å². The molecule has 0 spiro atoms. The Morgan fingerprint density at radius 1 is 0.903 bits per heavy atom. The number of nitrogens with zero attached hydrogens (tertiary/aromatic N) is 3. The average Bonchev–Trinajstić information content (AvgIpc) is 3.11. The predicted octanol–water partition coefficient (Wildman–Crippen LogP) is 6.40. The fourth-order valence-electron chi connectivity index (χ4n) is 2.92. The number of allylic oxidation sites excluding steroid dienone is 2. The zero-order chi connectivity index (χ0) is 23.3. The lowest BCUT2D eigenvalue weighted by Crippen LogP contribution is -2.10. The molecule has 1 heterocycles. The van der Waals surface area contributed by atoms with E-state index < -0.39 is 0 Å². The molecule has 0 saturated carbocycles. The van der Waals surface area contributed by atoms with Crippen molar-refractivity contribution in [2.45, 2.75) is 93.0 Å². The van der Waals surface area contributed by atoms with Gasteiger partial charge in [-0.1, -0.05) is 71.1 Å². The van der Waals surface area contributed by atoms with Crippen molar-refractivity contribution >= 4 is 0 Å². The smallest absolute Gasteiger partial charge is 0.0830 e. The lowest BCUT2D eigenvalue weighted by molar-refractivity contribution is 0.106. The summed E-state index contributed by atoms with van der Waals surface area (Å²) in [5, 5.41) is 8.49. The lowest BCUT2D eigenvalue weighted by Gasteiger charge is -2.21. The minimum absolute atomic E-state index is 0.183. The largest absolute Gasteiger partial charge is 0.381 e. The van der Waals surface area contributed by atoms with Crippen LogP contribution in [-0.4, -0.2) is 41.4 Å². The second-order valence-electron chi connectivity index (χ2n) is 10.8. The molecule has 5 heteroatoms. The van der Waals surface area contributed by atoms with Crippen molar-refractivity contribution in [1.29, 1.82) is 0 Å². The van der Waals surface area contributed by atoms with Crippen LogP contribution >= 0.6 is 0 Å². The highest BCUT2D eigenvalue weighted by molar-refractivity contribution is 5.04. The Labute approximate surface area is 191 Å². The van der Waals surface area contributed by atoms with Gasteiger partial charge in [0.05, 0.1) is 18.8 Å². The fraction of sp³-hybridized carbons (Fsp3) is 0.769. The van der Waals surface area contributed by atoms with Crippen LogP contribution in [0.1, 0.15) is 85.8 Å². The molecule has 0 aliphatic heterocycles. The molecule has 1 aromatic rings. The summed E-state index contributed by atoms with van der Waals surface area (Å²) in [6.45, 7) is 25.5. The van der Waals surface area contributed by atoms with Gasteiger partial charge in [0.2, 0.25) is 0 Å². The Hall–Kier alpha value is -1.46. The molecular formula is C26H47N3O2. The highest BCUT2D eigenvalue weighted by atomic mass is 16.5. The van der Waals surface area contributed by atoms with Crippen molar-refractivity contribution in [2.24, 2.45) is 10.8 Å². The van der Waals surface area contributed by atoms with Gasteiger partial charge in [0.1, 0.15) is 0 Å². The molecule has 0 aromatic carbocycles. The van der Waals surface area contributed by atoms with Gasteiger partial charge >= 0.3 is 0 Å². The van der Waals surface area contributed by atoms with Crippen LogP contribution in [-0.2, 0) is 22.4 Å². The van der Waals surface area contributed by atoms with Crippen molar-refractivity contribution < 1.29 is 9.47 Å². The van der Waals surface area contributed by atoms with Gasteiger partial charge in [-0.05, 0) is 55.8 Å². The second-order valence-corrected chi connectivity index (χ2v) is 10.8. The van der Waals surface area contributed by atoms with Crippen LogP contribution in [0, 0.1) is 10.8 Å². The van der Waals surface area contributed by atoms with Crippen molar-refractivity contribution in [3.05, 3.63) is 36.2 Å². The molecule has 0 aliphatic carbocycles. The molecule has 0 radical (unpaired) electrons. The molecule has 0 N–H and O–H groups in total. The Balaban J connectivity index is 2.08. The van der Waals surface area contributed by atoms with Gasteiger partial charge < -0.3 is 9.47 Å². The van der Waals surface area contributed by atoms with E-state index in [4.69, 9.17) is 9.47 Å². The van der Waals surface area contributed by atoms with Crippen molar-refractivity contribution in [1.82, 2.24) is 15.0 Å². The van der Waals surface area contributed by atoms with E-state index in [1.807, 2.05) is 10.9 Å². The first kappa shape index (κ1) is 27.6. The number of aromatic nitrogens is 3. The Morgan fingerprint density at radius 3 is 2.19 bits per heavy atom. The van der Waals surface area contributed by atoms with E-state index in [-0.39, 0.29) is 5.41 Å². The highest BCUT2D eigenvalue weighted by Gasteiger charge is 2.14. The second kappa shape index (κ2) is 13.8. The van der Waals surface area contributed by atoms with E-state index in [0.717, 1.165) is 77.0 Å². The van der Waals surface area contributed by atoms with Gasteiger partial charge in [0, 0.05) is 26.0 Å². The molecule has 0 saturated heterocycles. The zero-order valence-corrected chi connectivity index (χ0v) is 21.1. The topological polar surface area (TPSA) is 49.2 Å². The summed E-state index contributed by atoms with van der Waals surface area (Å²) in [6, 6.07) is 0. The van der Waals surface area contributed by atoms with E-state index in [0.29, 0.717) is 12.0 Å². The summed E-state index contributed by atoms with van der Waals surface area (Å²) in [5.41, 5.74) is 4.08. The molecule has 0 fully saturated rings. The van der Waals surface area contributed by atoms with Gasteiger partial charge in [0.15, 0.2) is 0 Å². The molecule has 178 valence electrons. The first-order valence-electron chi connectivity index (χ1n) is 11.9. The third-order valence-electron chi connectivity index (χ3n) is 5.43. The summed E-state index contributed by atoms with van der Waals surface area (Å²) in [7, 11) is 0. The predicted molar refractivity (Wildman–Crippen MR) is 130 cm³/mol. The van der Waals surface area contributed by atoms with E-state index >= 15 is 0 Å². The Kier molecular flexibility index (Phi) is 12.3. The molecule has 31 heavy (non-hydrogen) atoms.